The largest absolute Gasteiger partial charge is 0.0651 e. The molecule has 0 aliphatic heterocycles. The lowest BCUT2D eigenvalue weighted by Crippen LogP contribution is -2.45. The molecule has 2 saturated carbocycles. The minimum absolute atomic E-state index is 0.685. The summed E-state index contributed by atoms with van der Waals surface area (Å²) in [6.45, 7) is 7.52. The molecule has 3 atom stereocenters. The predicted octanol–water partition coefficient (Wildman–Crippen LogP) is 4.78. The predicted molar refractivity (Wildman–Crippen MR) is 62.3 cm³/mol. The molecule has 0 spiro atoms. The molecule has 0 saturated heterocycles. The molecule has 0 nitrogen and oxygen atoms in total. The molecular formula is C14H26. The van der Waals surface area contributed by atoms with Gasteiger partial charge in [0.1, 0.15) is 0 Å². The van der Waals surface area contributed by atoms with E-state index in [9.17, 15) is 0 Å². The maximum Gasteiger partial charge on any atom is -0.0269 e. The van der Waals surface area contributed by atoms with Gasteiger partial charge in [0.15, 0.2) is 0 Å². The molecule has 0 radical (unpaired) electrons. The summed E-state index contributed by atoms with van der Waals surface area (Å²) in [5.74, 6) is 1.03. The average Bonchev–Trinajstić information content (AvgIpc) is 2.18. The molecule has 2 fully saturated rings. The Bertz CT molecular complexity index is 208. The summed E-state index contributed by atoms with van der Waals surface area (Å²) in [5, 5.41) is 0. The molecule has 1 unspecified atom stereocenters. The van der Waals surface area contributed by atoms with E-state index in [0.717, 1.165) is 5.92 Å². The second-order valence-corrected chi connectivity index (χ2v) is 6.35. The molecule has 0 bridgehead atoms. The van der Waals surface area contributed by atoms with E-state index >= 15 is 0 Å². The molecule has 0 heterocycles. The van der Waals surface area contributed by atoms with Gasteiger partial charge in [-0.2, -0.15) is 0 Å². The van der Waals surface area contributed by atoms with Crippen LogP contribution in [0.5, 0.6) is 0 Å². The Kier molecular flexibility index (Phi) is 2.66. The third kappa shape index (κ3) is 1.51. The minimum Gasteiger partial charge on any atom is -0.0651 e. The SMILES string of the molecule is CCC1CC[C@]2(C)CCCC[C@@]2(C)C1. The lowest BCUT2D eigenvalue weighted by Gasteiger charge is -2.55. The molecule has 0 amide bonds. The van der Waals surface area contributed by atoms with Crippen LogP contribution in [0.2, 0.25) is 0 Å². The fourth-order valence-corrected chi connectivity index (χ4v) is 4.02. The van der Waals surface area contributed by atoms with Gasteiger partial charge in [-0.3, -0.25) is 0 Å². The molecule has 82 valence electrons. The van der Waals surface area contributed by atoms with Crippen molar-refractivity contribution in [3.8, 4) is 0 Å². The van der Waals surface area contributed by atoms with Crippen LogP contribution >= 0.6 is 0 Å². The Hall–Kier alpha value is 0. The van der Waals surface area contributed by atoms with Crippen molar-refractivity contribution in [2.45, 2.75) is 72.1 Å². The van der Waals surface area contributed by atoms with Gasteiger partial charge < -0.3 is 0 Å². The first-order valence-electron chi connectivity index (χ1n) is 6.60. The van der Waals surface area contributed by atoms with E-state index in [4.69, 9.17) is 0 Å². The highest BCUT2D eigenvalue weighted by molar-refractivity contribution is 4.99. The average molecular weight is 194 g/mol. The first kappa shape index (κ1) is 10.5. The first-order valence-corrected chi connectivity index (χ1v) is 6.60. The van der Waals surface area contributed by atoms with E-state index in [0.29, 0.717) is 10.8 Å². The van der Waals surface area contributed by atoms with Crippen molar-refractivity contribution in [3.05, 3.63) is 0 Å². The molecule has 0 aromatic carbocycles. The second-order valence-electron chi connectivity index (χ2n) is 6.35. The monoisotopic (exact) mass is 194 g/mol. The van der Waals surface area contributed by atoms with Crippen molar-refractivity contribution in [1.82, 2.24) is 0 Å². The van der Waals surface area contributed by atoms with Crippen LogP contribution < -0.4 is 0 Å². The Morgan fingerprint density at radius 2 is 1.64 bits per heavy atom. The number of rotatable bonds is 1. The molecular weight excluding hydrogens is 168 g/mol. The van der Waals surface area contributed by atoms with Gasteiger partial charge in [-0.05, 0) is 48.9 Å². The lowest BCUT2D eigenvalue weighted by atomic mass is 9.50. The second kappa shape index (κ2) is 3.54. The van der Waals surface area contributed by atoms with Crippen LogP contribution in [-0.4, -0.2) is 0 Å². The van der Waals surface area contributed by atoms with Crippen LogP contribution in [0.1, 0.15) is 72.1 Å². The molecule has 0 aromatic heterocycles. The molecule has 0 heteroatoms. The Morgan fingerprint density at radius 3 is 2.29 bits per heavy atom. The molecule has 2 aliphatic carbocycles. The Balaban J connectivity index is 2.15. The summed E-state index contributed by atoms with van der Waals surface area (Å²) in [4.78, 5) is 0. The molecule has 2 aliphatic rings. The van der Waals surface area contributed by atoms with Crippen LogP contribution in [0.15, 0.2) is 0 Å². The van der Waals surface area contributed by atoms with E-state index < -0.39 is 0 Å². The molecule has 0 aromatic rings. The molecule has 0 N–H and O–H groups in total. The maximum absolute atomic E-state index is 2.58. The fraction of sp³-hybridized carbons (Fsp3) is 1.00. The van der Waals surface area contributed by atoms with E-state index in [2.05, 4.69) is 20.8 Å². The summed E-state index contributed by atoms with van der Waals surface area (Å²) in [7, 11) is 0. The number of hydrogen-bond donors (Lipinski definition) is 0. The third-order valence-electron chi connectivity index (χ3n) is 5.59. The van der Waals surface area contributed by atoms with Crippen molar-refractivity contribution >= 4 is 0 Å². The lowest BCUT2D eigenvalue weighted by molar-refractivity contribution is -0.0488. The standard InChI is InChI=1S/C14H26/c1-4-12-7-10-13(2)8-5-6-9-14(13,3)11-12/h12H,4-11H2,1-3H3/t12?,13-,14-/m0/s1. The minimum atomic E-state index is 0.685. The van der Waals surface area contributed by atoms with Gasteiger partial charge >= 0.3 is 0 Å². The van der Waals surface area contributed by atoms with Crippen molar-refractivity contribution in [2.75, 3.05) is 0 Å². The van der Waals surface area contributed by atoms with Gasteiger partial charge in [0, 0.05) is 0 Å². The van der Waals surface area contributed by atoms with Crippen LogP contribution in [0.3, 0.4) is 0 Å². The molecule has 2 rings (SSSR count). The number of fused-ring (bicyclic) bond motifs is 1. The summed E-state index contributed by atoms with van der Waals surface area (Å²) in [5.41, 5.74) is 1.38. The van der Waals surface area contributed by atoms with Crippen LogP contribution in [0.25, 0.3) is 0 Å². The van der Waals surface area contributed by atoms with Crippen LogP contribution in [0.4, 0.5) is 0 Å². The van der Waals surface area contributed by atoms with E-state index in [1.807, 2.05) is 0 Å². The maximum atomic E-state index is 2.58. The topological polar surface area (TPSA) is 0 Å². The summed E-state index contributed by atoms with van der Waals surface area (Å²) >= 11 is 0. The quantitative estimate of drug-likeness (QED) is 0.563. The van der Waals surface area contributed by atoms with Gasteiger partial charge in [-0.25, -0.2) is 0 Å². The summed E-state index contributed by atoms with van der Waals surface area (Å²) in [6.07, 6.45) is 11.9. The fourth-order valence-electron chi connectivity index (χ4n) is 4.02. The normalized spacial score (nSPS) is 48.6. The van der Waals surface area contributed by atoms with Gasteiger partial charge in [-0.1, -0.05) is 40.0 Å². The van der Waals surface area contributed by atoms with Gasteiger partial charge in [0.2, 0.25) is 0 Å². The zero-order valence-corrected chi connectivity index (χ0v) is 10.2. The van der Waals surface area contributed by atoms with Crippen molar-refractivity contribution in [3.63, 3.8) is 0 Å². The highest BCUT2D eigenvalue weighted by Gasteiger charge is 2.49. The number of hydrogen-bond acceptors (Lipinski definition) is 0. The molecule has 14 heavy (non-hydrogen) atoms. The van der Waals surface area contributed by atoms with Crippen molar-refractivity contribution in [2.24, 2.45) is 16.7 Å². The summed E-state index contributed by atoms with van der Waals surface area (Å²) in [6, 6.07) is 0. The Morgan fingerprint density at radius 1 is 1.00 bits per heavy atom. The van der Waals surface area contributed by atoms with E-state index in [1.54, 1.807) is 0 Å². The van der Waals surface area contributed by atoms with Crippen LogP contribution in [-0.2, 0) is 0 Å². The third-order valence-corrected chi connectivity index (χ3v) is 5.59. The highest BCUT2D eigenvalue weighted by atomic mass is 14.5. The highest BCUT2D eigenvalue weighted by Crippen LogP contribution is 2.60. The van der Waals surface area contributed by atoms with Crippen LogP contribution in [0, 0.1) is 16.7 Å². The zero-order chi connectivity index (χ0) is 10.2. The first-order chi connectivity index (χ1) is 6.60. The van der Waals surface area contributed by atoms with Crippen molar-refractivity contribution < 1.29 is 0 Å². The summed E-state index contributed by atoms with van der Waals surface area (Å²) < 4.78 is 0. The smallest absolute Gasteiger partial charge is 0.0269 e. The van der Waals surface area contributed by atoms with Crippen molar-refractivity contribution in [1.29, 1.82) is 0 Å². The van der Waals surface area contributed by atoms with Gasteiger partial charge in [0.25, 0.3) is 0 Å². The Labute approximate surface area is 89.5 Å². The van der Waals surface area contributed by atoms with E-state index in [-0.39, 0.29) is 0 Å². The van der Waals surface area contributed by atoms with Gasteiger partial charge in [-0.15, -0.1) is 0 Å². The zero-order valence-electron chi connectivity index (χ0n) is 10.2. The van der Waals surface area contributed by atoms with E-state index in [1.165, 1.54) is 51.4 Å². The van der Waals surface area contributed by atoms with Gasteiger partial charge in [0.05, 0.1) is 0 Å².